The van der Waals surface area contributed by atoms with E-state index in [9.17, 15) is 9.59 Å². The molecule has 0 radical (unpaired) electrons. The Bertz CT molecular complexity index is 1400. The van der Waals surface area contributed by atoms with Crippen molar-refractivity contribution in [1.82, 2.24) is 14.5 Å². The molecule has 2 amide bonds. The van der Waals surface area contributed by atoms with Gasteiger partial charge in [-0.05, 0) is 80.8 Å². The molecule has 3 aliphatic heterocycles. The molecule has 0 aliphatic carbocycles. The van der Waals surface area contributed by atoms with Gasteiger partial charge in [0.15, 0.2) is 5.84 Å². The fourth-order valence-corrected chi connectivity index (χ4v) is 5.83. The van der Waals surface area contributed by atoms with Crippen molar-refractivity contribution < 1.29 is 14.3 Å². The van der Waals surface area contributed by atoms with Crippen LogP contribution in [0.15, 0.2) is 39.9 Å². The van der Waals surface area contributed by atoms with Crippen LogP contribution < -0.4 is 4.74 Å². The zero-order valence-corrected chi connectivity index (χ0v) is 22.4. The maximum atomic E-state index is 12.9. The molecule has 2 aromatic rings. The maximum absolute atomic E-state index is 12.9. The van der Waals surface area contributed by atoms with E-state index in [2.05, 4.69) is 10.1 Å². The number of ether oxygens (including phenoxy) is 1. The average Bonchev–Trinajstić information content (AvgIpc) is 3.41. The molecule has 0 saturated carbocycles. The van der Waals surface area contributed by atoms with Crippen molar-refractivity contribution in [2.45, 2.75) is 39.5 Å². The minimum absolute atomic E-state index is 0.0175. The van der Waals surface area contributed by atoms with E-state index in [1.165, 1.54) is 16.8 Å². The van der Waals surface area contributed by atoms with Crippen LogP contribution in [0, 0.1) is 19.3 Å². The molecule has 1 N–H and O–H groups in total. The zero-order chi connectivity index (χ0) is 26.3. The van der Waals surface area contributed by atoms with Gasteiger partial charge in [-0.25, -0.2) is 0 Å². The molecule has 4 heterocycles. The highest BCUT2D eigenvalue weighted by molar-refractivity contribution is 8.27. The highest BCUT2D eigenvalue weighted by atomic mass is 35.5. The van der Waals surface area contributed by atoms with E-state index in [1.54, 1.807) is 19.3 Å². The normalized spacial score (nSPS) is 18.8. The van der Waals surface area contributed by atoms with Crippen molar-refractivity contribution in [2.75, 3.05) is 20.2 Å². The van der Waals surface area contributed by atoms with E-state index in [0.717, 1.165) is 55.0 Å². The minimum atomic E-state index is -0.507. The molecular formula is C26H27ClN6O3S. The lowest BCUT2D eigenvalue weighted by atomic mass is 10.1. The molecule has 0 atom stereocenters. The Morgan fingerprint density at radius 2 is 1.97 bits per heavy atom. The number of benzene rings is 1. The third kappa shape index (κ3) is 4.83. The summed E-state index contributed by atoms with van der Waals surface area (Å²) in [7, 11) is 1.60. The number of hydrogen-bond acceptors (Lipinski definition) is 6. The first-order chi connectivity index (χ1) is 17.8. The number of likely N-dealkylation sites (tertiary alicyclic amines) is 1. The van der Waals surface area contributed by atoms with Crippen LogP contribution in [-0.2, 0) is 9.59 Å². The predicted octanol–water partition coefficient (Wildman–Crippen LogP) is 4.78. The number of carbonyl (C=O) groups excluding carboxylic acids is 2. The summed E-state index contributed by atoms with van der Waals surface area (Å²) in [5.41, 5.74) is 3.45. The standard InChI is InChI=1S/C26H27ClN6O3S/c1-15-11-17(16(2)32(15)20-13-18(27)7-8-21(20)36-3)12-19-24(28)33-26(29-25(19)35)37-22(30-33)14-23(34)31-9-5-4-6-10-31/h7-8,11-13,28H,4-6,9-10,14H2,1-3H3/b19-12-,28-24?. The number of amidine groups is 2. The van der Waals surface area contributed by atoms with Gasteiger partial charge in [-0.3, -0.25) is 15.0 Å². The molecule has 0 unspecified atom stereocenters. The molecule has 5 rings (SSSR count). The first kappa shape index (κ1) is 25.3. The molecule has 3 aliphatic rings. The van der Waals surface area contributed by atoms with Gasteiger partial charge in [0, 0.05) is 29.5 Å². The van der Waals surface area contributed by atoms with Crippen LogP contribution in [-0.4, -0.2) is 62.5 Å². The van der Waals surface area contributed by atoms with E-state index in [4.69, 9.17) is 21.7 Å². The number of hydrazone groups is 1. The number of aryl methyl sites for hydroxylation is 1. The molecule has 192 valence electrons. The summed E-state index contributed by atoms with van der Waals surface area (Å²) in [6.07, 6.45) is 4.99. The lowest BCUT2D eigenvalue weighted by Gasteiger charge is -2.26. The van der Waals surface area contributed by atoms with Crippen LogP contribution in [0.1, 0.15) is 42.6 Å². The second kappa shape index (κ2) is 10.2. The summed E-state index contributed by atoms with van der Waals surface area (Å²) in [5.74, 6) is 0.112. The number of aromatic nitrogens is 1. The third-order valence-corrected chi connectivity index (χ3v) is 7.80. The summed E-state index contributed by atoms with van der Waals surface area (Å²) in [6.45, 7) is 5.41. The number of piperidine rings is 1. The molecule has 1 aromatic heterocycles. The zero-order valence-electron chi connectivity index (χ0n) is 20.9. The molecule has 0 bridgehead atoms. The predicted molar refractivity (Wildman–Crippen MR) is 147 cm³/mol. The number of amides is 2. The number of aliphatic imine (C=N–C) groups is 1. The van der Waals surface area contributed by atoms with E-state index >= 15 is 0 Å². The molecule has 1 aromatic carbocycles. The Morgan fingerprint density at radius 3 is 2.70 bits per heavy atom. The highest BCUT2D eigenvalue weighted by Crippen LogP contribution is 2.33. The van der Waals surface area contributed by atoms with Gasteiger partial charge in [0.1, 0.15) is 10.8 Å². The molecular weight excluding hydrogens is 512 g/mol. The Hall–Kier alpha value is -3.37. The number of nitrogens with zero attached hydrogens (tertiary/aromatic N) is 5. The van der Waals surface area contributed by atoms with Crippen LogP contribution in [0.25, 0.3) is 11.8 Å². The fourth-order valence-electron chi connectivity index (χ4n) is 4.79. The minimum Gasteiger partial charge on any atom is -0.495 e. The Balaban J connectivity index is 1.42. The van der Waals surface area contributed by atoms with Gasteiger partial charge >= 0.3 is 0 Å². The largest absolute Gasteiger partial charge is 0.495 e. The van der Waals surface area contributed by atoms with Crippen molar-refractivity contribution in [3.05, 3.63) is 51.8 Å². The Labute approximate surface area is 224 Å². The third-order valence-electron chi connectivity index (χ3n) is 6.66. The van der Waals surface area contributed by atoms with E-state index in [0.29, 0.717) is 21.0 Å². The van der Waals surface area contributed by atoms with Gasteiger partial charge in [-0.1, -0.05) is 11.6 Å². The van der Waals surface area contributed by atoms with Crippen LogP contribution in [0.3, 0.4) is 0 Å². The van der Waals surface area contributed by atoms with Crippen molar-refractivity contribution in [3.8, 4) is 11.4 Å². The first-order valence-corrected chi connectivity index (χ1v) is 13.3. The quantitative estimate of drug-likeness (QED) is 0.552. The SMILES string of the molecule is COc1ccc(Cl)cc1-n1c(C)cc(/C=C2/C(=N)N3N=C(CC(=O)N4CCCCC4)SC3=NC2=O)c1C. The van der Waals surface area contributed by atoms with E-state index < -0.39 is 5.91 Å². The van der Waals surface area contributed by atoms with Crippen LogP contribution in [0.4, 0.5) is 0 Å². The Morgan fingerprint density at radius 1 is 1.22 bits per heavy atom. The summed E-state index contributed by atoms with van der Waals surface area (Å²) in [6, 6.07) is 7.33. The van der Waals surface area contributed by atoms with Gasteiger partial charge in [0.05, 0.1) is 24.8 Å². The summed E-state index contributed by atoms with van der Waals surface area (Å²) in [5, 5.41) is 15.9. The number of rotatable bonds is 5. The summed E-state index contributed by atoms with van der Waals surface area (Å²) in [4.78, 5) is 31.7. The molecule has 0 spiro atoms. The van der Waals surface area contributed by atoms with Gasteiger partial charge in [0.25, 0.3) is 5.91 Å². The number of methoxy groups -OCH3 is 1. The summed E-state index contributed by atoms with van der Waals surface area (Å²) < 4.78 is 7.53. The maximum Gasteiger partial charge on any atom is 0.283 e. The van der Waals surface area contributed by atoms with Crippen molar-refractivity contribution >= 4 is 57.3 Å². The summed E-state index contributed by atoms with van der Waals surface area (Å²) >= 11 is 7.43. The van der Waals surface area contributed by atoms with Crippen LogP contribution >= 0.6 is 23.4 Å². The monoisotopic (exact) mass is 538 g/mol. The van der Waals surface area contributed by atoms with Crippen LogP contribution in [0.2, 0.25) is 5.02 Å². The van der Waals surface area contributed by atoms with Gasteiger partial charge in [0.2, 0.25) is 11.1 Å². The topological polar surface area (TPSA) is 103 Å². The lowest BCUT2D eigenvalue weighted by Crippen LogP contribution is -2.36. The highest BCUT2D eigenvalue weighted by Gasteiger charge is 2.36. The second-order valence-corrected chi connectivity index (χ2v) is 10.6. The number of thioether (sulfide) groups is 1. The number of nitrogens with one attached hydrogen (secondary N) is 1. The average molecular weight is 539 g/mol. The fraction of sp³-hybridized carbons (Fsp3) is 0.346. The molecule has 37 heavy (non-hydrogen) atoms. The first-order valence-electron chi connectivity index (χ1n) is 12.1. The molecule has 9 nitrogen and oxygen atoms in total. The van der Waals surface area contributed by atoms with Crippen LogP contribution in [0.5, 0.6) is 5.75 Å². The smallest absolute Gasteiger partial charge is 0.283 e. The lowest BCUT2D eigenvalue weighted by molar-refractivity contribution is -0.130. The Kier molecular flexibility index (Phi) is 6.96. The number of carbonyl (C=O) groups is 2. The number of halogens is 1. The van der Waals surface area contributed by atoms with Gasteiger partial charge in [-0.2, -0.15) is 15.1 Å². The van der Waals surface area contributed by atoms with E-state index in [-0.39, 0.29) is 23.7 Å². The van der Waals surface area contributed by atoms with Gasteiger partial charge in [-0.15, -0.1) is 0 Å². The second-order valence-electron chi connectivity index (χ2n) is 9.11. The van der Waals surface area contributed by atoms with E-state index in [1.807, 2.05) is 41.5 Å². The van der Waals surface area contributed by atoms with Crippen molar-refractivity contribution in [1.29, 1.82) is 5.41 Å². The molecule has 1 saturated heterocycles. The number of hydrogen-bond donors (Lipinski definition) is 1. The molecule has 11 heteroatoms. The number of fused-ring (bicyclic) bond motifs is 1. The van der Waals surface area contributed by atoms with Crippen molar-refractivity contribution in [2.24, 2.45) is 10.1 Å². The van der Waals surface area contributed by atoms with Gasteiger partial charge < -0.3 is 14.2 Å². The van der Waals surface area contributed by atoms with Crippen molar-refractivity contribution in [3.63, 3.8) is 0 Å². The molecule has 1 fully saturated rings.